The maximum atomic E-state index is 12.5. The second-order valence-electron chi connectivity index (χ2n) is 6.52. The largest absolute Gasteiger partial charge is 0.497 e. The molecular formula is C20H22N4O5S2. The molecule has 0 radical (unpaired) electrons. The number of methoxy groups -OCH3 is 2. The number of aromatic nitrogens is 2. The molecule has 0 aliphatic carbocycles. The van der Waals surface area contributed by atoms with Crippen LogP contribution in [0.25, 0.3) is 0 Å². The van der Waals surface area contributed by atoms with Crippen molar-refractivity contribution in [1.82, 2.24) is 14.9 Å². The minimum atomic E-state index is -3.60. The molecule has 31 heavy (non-hydrogen) atoms. The number of aryl methyl sites for hydroxylation is 1. The summed E-state index contributed by atoms with van der Waals surface area (Å²) in [6.07, 6.45) is 0.339. The van der Waals surface area contributed by atoms with Crippen LogP contribution in [0.1, 0.15) is 20.9 Å². The van der Waals surface area contributed by atoms with Crippen LogP contribution in [0.2, 0.25) is 0 Å². The molecule has 2 aromatic carbocycles. The summed E-state index contributed by atoms with van der Waals surface area (Å²) in [6.45, 7) is 2.05. The smallest absolute Gasteiger partial charge is 0.257 e. The van der Waals surface area contributed by atoms with E-state index in [4.69, 9.17) is 9.47 Å². The Kier molecular flexibility index (Phi) is 7.21. The van der Waals surface area contributed by atoms with E-state index >= 15 is 0 Å². The van der Waals surface area contributed by atoms with Gasteiger partial charge in [-0.1, -0.05) is 29.0 Å². The van der Waals surface area contributed by atoms with Crippen molar-refractivity contribution in [2.45, 2.75) is 18.2 Å². The first-order chi connectivity index (χ1) is 14.8. The van der Waals surface area contributed by atoms with Gasteiger partial charge in [0.25, 0.3) is 5.91 Å². The molecule has 0 atom stereocenters. The highest BCUT2D eigenvalue weighted by Crippen LogP contribution is 2.24. The summed E-state index contributed by atoms with van der Waals surface area (Å²) in [7, 11) is -0.595. The van der Waals surface area contributed by atoms with Crippen LogP contribution >= 0.6 is 11.3 Å². The van der Waals surface area contributed by atoms with E-state index in [1.165, 1.54) is 25.6 Å². The molecule has 0 bridgehead atoms. The van der Waals surface area contributed by atoms with Gasteiger partial charge in [-0.15, -0.1) is 10.2 Å². The van der Waals surface area contributed by atoms with Crippen LogP contribution < -0.4 is 19.5 Å². The van der Waals surface area contributed by atoms with Crippen molar-refractivity contribution in [2.75, 3.05) is 26.1 Å². The SMILES string of the molecule is COc1cc(OC)cc(C(=O)Nc2nnc(CCNS(=O)(=O)c3ccc(C)cc3)s2)c1. The molecule has 164 valence electrons. The number of carbonyl (C=O) groups excluding carboxylic acids is 1. The van der Waals surface area contributed by atoms with Gasteiger partial charge in [0.15, 0.2) is 0 Å². The van der Waals surface area contributed by atoms with Crippen LogP contribution in [0.4, 0.5) is 5.13 Å². The quantitative estimate of drug-likeness (QED) is 0.502. The van der Waals surface area contributed by atoms with Crippen LogP contribution in [0.5, 0.6) is 11.5 Å². The predicted octanol–water partition coefficient (Wildman–Crippen LogP) is 2.64. The van der Waals surface area contributed by atoms with Gasteiger partial charge in [0.05, 0.1) is 19.1 Å². The van der Waals surface area contributed by atoms with Gasteiger partial charge in [-0.25, -0.2) is 13.1 Å². The Morgan fingerprint density at radius 2 is 1.68 bits per heavy atom. The van der Waals surface area contributed by atoms with Crippen LogP contribution in [0.15, 0.2) is 47.4 Å². The van der Waals surface area contributed by atoms with E-state index in [0.717, 1.165) is 5.56 Å². The Balaban J connectivity index is 1.58. The third-order valence-corrected chi connectivity index (χ3v) is 6.64. The van der Waals surface area contributed by atoms with Crippen molar-refractivity contribution < 1.29 is 22.7 Å². The van der Waals surface area contributed by atoms with Crippen LogP contribution in [0.3, 0.4) is 0 Å². The summed E-state index contributed by atoms with van der Waals surface area (Å²) < 4.78 is 37.5. The second-order valence-corrected chi connectivity index (χ2v) is 9.35. The number of hydrogen-bond acceptors (Lipinski definition) is 8. The number of amides is 1. The number of carbonyl (C=O) groups is 1. The number of nitrogens with one attached hydrogen (secondary N) is 2. The minimum absolute atomic E-state index is 0.159. The molecule has 2 N–H and O–H groups in total. The Morgan fingerprint density at radius 1 is 1.03 bits per heavy atom. The number of benzene rings is 2. The zero-order chi connectivity index (χ0) is 22.4. The molecule has 0 saturated carbocycles. The molecule has 1 aromatic heterocycles. The third-order valence-electron chi connectivity index (χ3n) is 4.26. The molecule has 0 spiro atoms. The fraction of sp³-hybridized carbons (Fsp3) is 0.250. The van der Waals surface area contributed by atoms with E-state index in [9.17, 15) is 13.2 Å². The molecule has 0 fully saturated rings. The third kappa shape index (κ3) is 6.00. The average Bonchev–Trinajstić information content (AvgIpc) is 3.20. The molecule has 9 nitrogen and oxygen atoms in total. The summed E-state index contributed by atoms with van der Waals surface area (Å²) in [5, 5.41) is 11.5. The monoisotopic (exact) mass is 462 g/mol. The summed E-state index contributed by atoms with van der Waals surface area (Å²) in [5.74, 6) is 0.589. The van der Waals surface area contributed by atoms with Crippen molar-refractivity contribution in [1.29, 1.82) is 0 Å². The molecule has 0 aliphatic rings. The van der Waals surface area contributed by atoms with Crippen LogP contribution in [-0.4, -0.2) is 45.3 Å². The average molecular weight is 463 g/mol. The maximum absolute atomic E-state index is 12.5. The Morgan fingerprint density at radius 3 is 2.29 bits per heavy atom. The molecule has 3 rings (SSSR count). The fourth-order valence-corrected chi connectivity index (χ4v) is 4.37. The first-order valence-corrected chi connectivity index (χ1v) is 11.5. The number of ether oxygens (including phenoxy) is 2. The number of anilines is 1. The minimum Gasteiger partial charge on any atom is -0.497 e. The molecule has 0 saturated heterocycles. The lowest BCUT2D eigenvalue weighted by molar-refractivity contribution is 0.102. The summed E-state index contributed by atoms with van der Waals surface area (Å²) in [6, 6.07) is 11.4. The van der Waals surface area contributed by atoms with Gasteiger partial charge in [-0.3, -0.25) is 10.1 Å². The molecule has 11 heteroatoms. The Labute approximate surface area is 184 Å². The number of nitrogens with zero attached hydrogens (tertiary/aromatic N) is 2. The van der Waals surface area contributed by atoms with Gasteiger partial charge in [-0.05, 0) is 31.2 Å². The van der Waals surface area contributed by atoms with Crippen molar-refractivity contribution in [3.63, 3.8) is 0 Å². The van der Waals surface area contributed by atoms with E-state index in [2.05, 4.69) is 20.2 Å². The fourth-order valence-electron chi connectivity index (χ4n) is 2.61. The lowest BCUT2D eigenvalue weighted by Crippen LogP contribution is -2.25. The zero-order valence-corrected chi connectivity index (χ0v) is 18.8. The van der Waals surface area contributed by atoms with E-state index in [0.29, 0.717) is 33.6 Å². The highest BCUT2D eigenvalue weighted by molar-refractivity contribution is 7.89. The lowest BCUT2D eigenvalue weighted by atomic mass is 10.2. The van der Waals surface area contributed by atoms with Gasteiger partial charge >= 0.3 is 0 Å². The lowest BCUT2D eigenvalue weighted by Gasteiger charge is -2.07. The van der Waals surface area contributed by atoms with Crippen LogP contribution in [0, 0.1) is 6.92 Å². The van der Waals surface area contributed by atoms with Gasteiger partial charge < -0.3 is 9.47 Å². The molecule has 1 amide bonds. The van der Waals surface area contributed by atoms with Crippen molar-refractivity contribution in [3.05, 3.63) is 58.6 Å². The first-order valence-electron chi connectivity index (χ1n) is 9.24. The van der Waals surface area contributed by atoms with E-state index in [-0.39, 0.29) is 17.3 Å². The second kappa shape index (κ2) is 9.86. The van der Waals surface area contributed by atoms with Crippen molar-refractivity contribution in [3.8, 4) is 11.5 Å². The van der Waals surface area contributed by atoms with E-state index < -0.39 is 10.0 Å². The van der Waals surface area contributed by atoms with Gasteiger partial charge in [0.2, 0.25) is 15.2 Å². The van der Waals surface area contributed by atoms with Crippen molar-refractivity contribution in [2.24, 2.45) is 0 Å². The highest BCUT2D eigenvalue weighted by atomic mass is 32.2. The first kappa shape index (κ1) is 22.7. The predicted molar refractivity (Wildman–Crippen MR) is 117 cm³/mol. The molecule has 1 heterocycles. The molecular weight excluding hydrogens is 440 g/mol. The summed E-state index contributed by atoms with van der Waals surface area (Å²) in [5.41, 5.74) is 1.33. The Hall–Kier alpha value is -3.02. The van der Waals surface area contributed by atoms with Crippen LogP contribution in [-0.2, 0) is 16.4 Å². The number of sulfonamides is 1. The molecule has 0 aliphatic heterocycles. The Bertz CT molecular complexity index is 1140. The van der Waals surface area contributed by atoms with Gasteiger partial charge in [0, 0.05) is 24.6 Å². The topological polar surface area (TPSA) is 120 Å². The zero-order valence-electron chi connectivity index (χ0n) is 17.2. The number of rotatable bonds is 9. The van der Waals surface area contributed by atoms with Crippen molar-refractivity contribution >= 4 is 32.4 Å². The maximum Gasteiger partial charge on any atom is 0.257 e. The summed E-state index contributed by atoms with van der Waals surface area (Å²) >= 11 is 1.17. The normalized spacial score (nSPS) is 11.2. The van der Waals surface area contributed by atoms with E-state index in [1.807, 2.05) is 6.92 Å². The number of hydrogen-bond donors (Lipinski definition) is 2. The highest BCUT2D eigenvalue weighted by Gasteiger charge is 2.15. The van der Waals surface area contributed by atoms with Gasteiger partial charge in [-0.2, -0.15) is 0 Å². The molecule has 0 unspecified atom stereocenters. The molecule has 3 aromatic rings. The standard InChI is InChI=1S/C20H22N4O5S2/c1-13-4-6-17(7-5-13)31(26,27)21-9-8-18-23-24-20(30-18)22-19(25)14-10-15(28-2)12-16(11-14)29-3/h4-7,10-12,21H,8-9H2,1-3H3,(H,22,24,25). The summed E-state index contributed by atoms with van der Waals surface area (Å²) in [4.78, 5) is 12.7. The van der Waals surface area contributed by atoms with Gasteiger partial charge in [0.1, 0.15) is 16.5 Å². The van der Waals surface area contributed by atoms with E-state index in [1.54, 1.807) is 42.5 Å².